The van der Waals surface area contributed by atoms with E-state index in [1.54, 1.807) is 12.3 Å². The van der Waals surface area contributed by atoms with Crippen LogP contribution in [0.3, 0.4) is 0 Å². The van der Waals surface area contributed by atoms with Crippen LogP contribution in [0.15, 0.2) is 48.7 Å². The summed E-state index contributed by atoms with van der Waals surface area (Å²) >= 11 is 0. The maximum Gasteiger partial charge on any atom is 0.165 e. The van der Waals surface area contributed by atoms with Gasteiger partial charge in [-0.05, 0) is 73.6 Å². The normalized spacial score (nSPS) is 14.6. The second kappa shape index (κ2) is 8.07. The van der Waals surface area contributed by atoms with Crippen LogP contribution >= 0.6 is 0 Å². The van der Waals surface area contributed by atoms with Gasteiger partial charge in [0.15, 0.2) is 5.78 Å². The molecule has 0 atom stereocenters. The van der Waals surface area contributed by atoms with Gasteiger partial charge in [-0.15, -0.1) is 0 Å². The van der Waals surface area contributed by atoms with Crippen molar-refractivity contribution in [3.63, 3.8) is 0 Å². The van der Waals surface area contributed by atoms with Crippen molar-refractivity contribution in [2.24, 2.45) is 0 Å². The molecule has 28 heavy (non-hydrogen) atoms. The predicted octanol–water partition coefficient (Wildman–Crippen LogP) is 4.68. The molecule has 0 amide bonds. The highest BCUT2D eigenvalue weighted by molar-refractivity contribution is 6.10. The number of fused-ring (bicyclic) bond motifs is 1. The Labute approximate surface area is 164 Å². The van der Waals surface area contributed by atoms with Crippen LogP contribution in [0.4, 0.5) is 10.2 Å². The predicted molar refractivity (Wildman–Crippen MR) is 111 cm³/mol. The van der Waals surface area contributed by atoms with Crippen molar-refractivity contribution in [1.82, 2.24) is 9.88 Å². The Morgan fingerprint density at radius 3 is 2.64 bits per heavy atom. The van der Waals surface area contributed by atoms with Gasteiger partial charge in [0.1, 0.15) is 11.6 Å². The molecule has 2 aromatic carbocycles. The van der Waals surface area contributed by atoms with Gasteiger partial charge < -0.3 is 10.6 Å². The van der Waals surface area contributed by atoms with Gasteiger partial charge in [0.05, 0.1) is 0 Å². The molecule has 0 unspecified atom stereocenters. The number of anilines is 1. The number of carbonyl (C=O) groups excluding carboxylic acids is 1. The Hall–Kier alpha value is -2.79. The Bertz CT molecular complexity index is 1010. The SMILES string of the molecule is Nc1ncc(C(=O)CCCN2CCCC2)c2ccc(-c3cccc(F)c3)cc12. The van der Waals surface area contributed by atoms with E-state index in [4.69, 9.17) is 5.73 Å². The van der Waals surface area contributed by atoms with E-state index in [2.05, 4.69) is 9.88 Å². The number of halogens is 1. The summed E-state index contributed by atoms with van der Waals surface area (Å²) in [6, 6.07) is 12.1. The first-order valence-corrected chi connectivity index (χ1v) is 9.81. The van der Waals surface area contributed by atoms with Crippen molar-refractivity contribution in [2.75, 3.05) is 25.4 Å². The smallest absolute Gasteiger partial charge is 0.165 e. The molecule has 1 fully saturated rings. The number of pyridine rings is 1. The van der Waals surface area contributed by atoms with E-state index in [0.717, 1.165) is 48.0 Å². The van der Waals surface area contributed by atoms with Gasteiger partial charge in [-0.3, -0.25) is 4.79 Å². The first-order chi connectivity index (χ1) is 13.6. The second-order valence-electron chi connectivity index (χ2n) is 7.40. The molecule has 1 aromatic heterocycles. The highest BCUT2D eigenvalue weighted by atomic mass is 19.1. The summed E-state index contributed by atoms with van der Waals surface area (Å²) < 4.78 is 13.6. The molecule has 144 valence electrons. The maximum atomic E-state index is 13.6. The first-order valence-electron chi connectivity index (χ1n) is 9.81. The molecule has 0 aliphatic carbocycles. The maximum absolute atomic E-state index is 13.6. The van der Waals surface area contributed by atoms with Crippen molar-refractivity contribution in [2.45, 2.75) is 25.7 Å². The summed E-state index contributed by atoms with van der Waals surface area (Å²) in [6.07, 6.45) is 5.45. The molecule has 0 saturated carbocycles. The van der Waals surface area contributed by atoms with E-state index in [-0.39, 0.29) is 11.6 Å². The van der Waals surface area contributed by atoms with Crippen LogP contribution in [0.5, 0.6) is 0 Å². The van der Waals surface area contributed by atoms with E-state index < -0.39 is 0 Å². The number of likely N-dealkylation sites (tertiary alicyclic amines) is 1. The quantitative estimate of drug-likeness (QED) is 0.634. The molecular formula is C23H24FN3O. The van der Waals surface area contributed by atoms with Crippen LogP contribution in [-0.4, -0.2) is 35.3 Å². The molecule has 1 aliphatic heterocycles. The lowest BCUT2D eigenvalue weighted by molar-refractivity contribution is 0.0977. The Kier molecular flexibility index (Phi) is 5.35. The number of benzene rings is 2. The fourth-order valence-electron chi connectivity index (χ4n) is 3.94. The number of hydrogen-bond acceptors (Lipinski definition) is 4. The zero-order valence-corrected chi connectivity index (χ0v) is 15.8. The lowest BCUT2D eigenvalue weighted by Crippen LogP contribution is -2.21. The largest absolute Gasteiger partial charge is 0.383 e. The number of Topliss-reactive ketones (excluding diaryl/α,β-unsaturated/α-hetero) is 1. The van der Waals surface area contributed by atoms with Crippen molar-refractivity contribution >= 4 is 22.4 Å². The van der Waals surface area contributed by atoms with Crippen LogP contribution in [0.25, 0.3) is 21.9 Å². The number of ketones is 1. The van der Waals surface area contributed by atoms with E-state index in [1.165, 1.54) is 25.0 Å². The third kappa shape index (κ3) is 3.90. The zero-order chi connectivity index (χ0) is 19.5. The summed E-state index contributed by atoms with van der Waals surface area (Å²) in [4.78, 5) is 19.4. The molecule has 1 saturated heterocycles. The Morgan fingerprint density at radius 1 is 1.07 bits per heavy atom. The molecular weight excluding hydrogens is 353 g/mol. The number of nitrogens with zero attached hydrogens (tertiary/aromatic N) is 2. The molecule has 0 spiro atoms. The molecule has 0 radical (unpaired) electrons. The Morgan fingerprint density at radius 2 is 1.86 bits per heavy atom. The minimum atomic E-state index is -0.286. The van der Waals surface area contributed by atoms with Gasteiger partial charge in [0.25, 0.3) is 0 Å². The topological polar surface area (TPSA) is 59.2 Å². The summed E-state index contributed by atoms with van der Waals surface area (Å²) in [7, 11) is 0. The lowest BCUT2D eigenvalue weighted by atomic mass is 9.97. The number of nitrogens with two attached hydrogens (primary N) is 1. The molecule has 2 N–H and O–H groups in total. The van der Waals surface area contributed by atoms with Crippen molar-refractivity contribution in [3.8, 4) is 11.1 Å². The third-order valence-electron chi connectivity index (χ3n) is 5.45. The fraction of sp³-hybridized carbons (Fsp3) is 0.304. The number of aromatic nitrogens is 1. The van der Waals surface area contributed by atoms with Crippen LogP contribution in [0.2, 0.25) is 0 Å². The monoisotopic (exact) mass is 377 g/mol. The number of hydrogen-bond donors (Lipinski definition) is 1. The Balaban J connectivity index is 1.59. The van der Waals surface area contributed by atoms with E-state index in [0.29, 0.717) is 17.8 Å². The molecule has 4 nitrogen and oxygen atoms in total. The third-order valence-corrected chi connectivity index (χ3v) is 5.45. The average molecular weight is 377 g/mol. The summed E-state index contributed by atoms with van der Waals surface area (Å²) in [5.41, 5.74) is 8.30. The van der Waals surface area contributed by atoms with Crippen LogP contribution in [-0.2, 0) is 0 Å². The molecule has 1 aliphatic rings. The van der Waals surface area contributed by atoms with Gasteiger partial charge >= 0.3 is 0 Å². The van der Waals surface area contributed by atoms with Crippen molar-refractivity contribution < 1.29 is 9.18 Å². The highest BCUT2D eigenvalue weighted by Crippen LogP contribution is 2.30. The van der Waals surface area contributed by atoms with Gasteiger partial charge in [-0.1, -0.05) is 24.3 Å². The molecule has 4 rings (SSSR count). The fourth-order valence-corrected chi connectivity index (χ4v) is 3.94. The molecule has 2 heterocycles. The summed E-state index contributed by atoms with van der Waals surface area (Å²) in [5.74, 6) is 0.183. The van der Waals surface area contributed by atoms with E-state index in [9.17, 15) is 9.18 Å². The average Bonchev–Trinajstić information content (AvgIpc) is 3.21. The summed E-state index contributed by atoms with van der Waals surface area (Å²) in [6.45, 7) is 3.25. The van der Waals surface area contributed by atoms with Gasteiger partial charge in [-0.25, -0.2) is 9.37 Å². The zero-order valence-electron chi connectivity index (χ0n) is 15.8. The second-order valence-corrected chi connectivity index (χ2v) is 7.40. The van der Waals surface area contributed by atoms with Gasteiger partial charge in [0.2, 0.25) is 0 Å². The van der Waals surface area contributed by atoms with E-state index in [1.807, 2.05) is 24.3 Å². The summed E-state index contributed by atoms with van der Waals surface area (Å²) in [5, 5.41) is 1.53. The number of carbonyl (C=O) groups is 1. The molecule has 3 aromatic rings. The van der Waals surface area contributed by atoms with E-state index >= 15 is 0 Å². The van der Waals surface area contributed by atoms with Crippen LogP contribution in [0, 0.1) is 5.82 Å². The standard InChI is InChI=1S/C23H24FN3O/c24-18-6-3-5-16(13-18)17-8-9-19-20(14-17)23(25)26-15-21(19)22(28)7-4-12-27-10-1-2-11-27/h3,5-6,8-9,13-15H,1-2,4,7,10-12H2,(H2,25,26). The highest BCUT2D eigenvalue weighted by Gasteiger charge is 2.16. The minimum Gasteiger partial charge on any atom is -0.383 e. The minimum absolute atomic E-state index is 0.0928. The first kappa shape index (κ1) is 18.6. The van der Waals surface area contributed by atoms with Crippen molar-refractivity contribution in [3.05, 3.63) is 60.0 Å². The number of rotatable bonds is 6. The number of nitrogen functional groups attached to an aromatic ring is 1. The molecule has 0 bridgehead atoms. The van der Waals surface area contributed by atoms with Crippen molar-refractivity contribution in [1.29, 1.82) is 0 Å². The van der Waals surface area contributed by atoms with Crippen LogP contribution < -0.4 is 5.73 Å². The lowest BCUT2D eigenvalue weighted by Gasteiger charge is -2.14. The molecule has 5 heteroatoms. The van der Waals surface area contributed by atoms with Crippen LogP contribution in [0.1, 0.15) is 36.0 Å². The van der Waals surface area contributed by atoms with Gasteiger partial charge in [-0.2, -0.15) is 0 Å². The van der Waals surface area contributed by atoms with Gasteiger partial charge in [0, 0.05) is 23.6 Å².